The van der Waals surface area contributed by atoms with Crippen LogP contribution >= 0.6 is 15.9 Å². The number of amides is 1. The molecule has 0 aliphatic carbocycles. The number of anilines is 1. The first-order valence-electron chi connectivity index (χ1n) is 7.56. The zero-order valence-electron chi connectivity index (χ0n) is 13.6. The Hall–Kier alpha value is -1.92. The second kappa shape index (κ2) is 8.80. The molecule has 0 atom stereocenters. The number of hydrogen-bond donors (Lipinski definition) is 1. The number of nitrogens with one attached hydrogen (secondary N) is 1. The maximum Gasteiger partial charge on any atom is 0.255 e. The highest BCUT2D eigenvalue weighted by Gasteiger charge is 2.13. The Morgan fingerprint density at radius 3 is 2.71 bits per heavy atom. The Morgan fingerprint density at radius 1 is 1.25 bits per heavy atom. The van der Waals surface area contributed by atoms with Gasteiger partial charge in [-0.2, -0.15) is 0 Å². The number of methoxy groups -OCH3 is 1. The van der Waals surface area contributed by atoms with Crippen LogP contribution in [0.25, 0.3) is 0 Å². The molecule has 0 aliphatic heterocycles. The molecule has 0 spiro atoms. The van der Waals surface area contributed by atoms with E-state index < -0.39 is 11.7 Å². The molecular formula is C18H19BrFNO3. The third-order valence-electron chi connectivity index (χ3n) is 3.33. The summed E-state index contributed by atoms with van der Waals surface area (Å²) < 4.78 is 25.3. The summed E-state index contributed by atoms with van der Waals surface area (Å²) in [5, 5.41) is 2.57. The molecule has 1 N–H and O–H groups in total. The lowest BCUT2D eigenvalue weighted by Crippen LogP contribution is -2.13. The summed E-state index contributed by atoms with van der Waals surface area (Å²) in [6.07, 6.45) is 0.908. The Bertz CT molecular complexity index is 721. The maximum absolute atomic E-state index is 13.8. The van der Waals surface area contributed by atoms with Crippen LogP contribution in [0.15, 0.2) is 40.9 Å². The molecule has 0 fully saturated rings. The van der Waals surface area contributed by atoms with Gasteiger partial charge < -0.3 is 14.8 Å². The lowest BCUT2D eigenvalue weighted by Gasteiger charge is -2.12. The molecule has 128 valence electrons. The molecule has 0 radical (unpaired) electrons. The van der Waals surface area contributed by atoms with Gasteiger partial charge in [0.25, 0.3) is 5.91 Å². The molecule has 6 heteroatoms. The summed E-state index contributed by atoms with van der Waals surface area (Å²) in [7, 11) is 1.57. The van der Waals surface area contributed by atoms with Crippen molar-refractivity contribution in [3.05, 3.63) is 57.8 Å². The Labute approximate surface area is 149 Å². The van der Waals surface area contributed by atoms with Crippen molar-refractivity contribution in [2.45, 2.75) is 20.0 Å². The summed E-state index contributed by atoms with van der Waals surface area (Å²) in [4.78, 5) is 12.4. The van der Waals surface area contributed by atoms with Crippen LogP contribution in [0.1, 0.15) is 29.3 Å². The third kappa shape index (κ3) is 4.79. The first-order valence-corrected chi connectivity index (χ1v) is 8.35. The van der Waals surface area contributed by atoms with Crippen LogP contribution in [-0.4, -0.2) is 19.6 Å². The normalized spacial score (nSPS) is 10.5. The van der Waals surface area contributed by atoms with Crippen LogP contribution in [0.5, 0.6) is 5.75 Å². The highest BCUT2D eigenvalue weighted by molar-refractivity contribution is 9.10. The summed E-state index contributed by atoms with van der Waals surface area (Å²) >= 11 is 3.18. The number of hydrogen-bond acceptors (Lipinski definition) is 3. The van der Waals surface area contributed by atoms with Crippen molar-refractivity contribution >= 4 is 27.5 Å². The number of ether oxygens (including phenoxy) is 2. The maximum atomic E-state index is 13.8. The van der Waals surface area contributed by atoms with Gasteiger partial charge in [0.1, 0.15) is 11.6 Å². The molecule has 0 saturated heterocycles. The van der Waals surface area contributed by atoms with Crippen molar-refractivity contribution in [3.63, 3.8) is 0 Å². The van der Waals surface area contributed by atoms with E-state index >= 15 is 0 Å². The minimum absolute atomic E-state index is 0.128. The van der Waals surface area contributed by atoms with Gasteiger partial charge >= 0.3 is 0 Å². The number of carbonyl (C=O) groups excluding carboxylic acids is 1. The fourth-order valence-corrected chi connectivity index (χ4v) is 2.48. The molecule has 1 amide bonds. The van der Waals surface area contributed by atoms with Gasteiger partial charge in [-0.05, 0) is 42.8 Å². The molecule has 24 heavy (non-hydrogen) atoms. The van der Waals surface area contributed by atoms with Crippen LogP contribution in [0.2, 0.25) is 0 Å². The van der Waals surface area contributed by atoms with Gasteiger partial charge in [0.2, 0.25) is 0 Å². The smallest absolute Gasteiger partial charge is 0.255 e. The van der Waals surface area contributed by atoms with E-state index in [1.165, 1.54) is 12.1 Å². The van der Waals surface area contributed by atoms with E-state index in [0.717, 1.165) is 12.0 Å². The third-order valence-corrected chi connectivity index (χ3v) is 3.82. The number of rotatable bonds is 7. The van der Waals surface area contributed by atoms with E-state index in [1.807, 2.05) is 6.92 Å². The highest BCUT2D eigenvalue weighted by atomic mass is 79.9. The molecule has 4 nitrogen and oxygen atoms in total. The molecule has 0 unspecified atom stereocenters. The lowest BCUT2D eigenvalue weighted by molar-refractivity contribution is 0.102. The molecule has 2 aromatic carbocycles. The monoisotopic (exact) mass is 395 g/mol. The van der Waals surface area contributed by atoms with Crippen molar-refractivity contribution in [2.75, 3.05) is 19.0 Å². The molecule has 0 aromatic heterocycles. The van der Waals surface area contributed by atoms with Crippen LogP contribution in [0.4, 0.5) is 10.1 Å². The molecular weight excluding hydrogens is 377 g/mol. The summed E-state index contributed by atoms with van der Waals surface area (Å²) in [6.45, 7) is 3.00. The van der Waals surface area contributed by atoms with Gasteiger partial charge in [0.05, 0.1) is 19.4 Å². The van der Waals surface area contributed by atoms with Gasteiger partial charge in [-0.25, -0.2) is 4.39 Å². The molecule has 0 heterocycles. The number of halogens is 2. The van der Waals surface area contributed by atoms with Crippen molar-refractivity contribution in [3.8, 4) is 5.75 Å². The Morgan fingerprint density at radius 2 is 2.04 bits per heavy atom. The number of benzene rings is 2. The molecule has 0 saturated carbocycles. The quantitative estimate of drug-likeness (QED) is 0.686. The van der Waals surface area contributed by atoms with Gasteiger partial charge in [0.15, 0.2) is 0 Å². The van der Waals surface area contributed by atoms with E-state index in [9.17, 15) is 9.18 Å². The van der Waals surface area contributed by atoms with Gasteiger partial charge in [-0.15, -0.1) is 0 Å². The second-order valence-corrected chi connectivity index (χ2v) is 6.07. The van der Waals surface area contributed by atoms with Gasteiger partial charge in [-0.3, -0.25) is 4.79 Å². The summed E-state index contributed by atoms with van der Waals surface area (Å²) in [5.74, 6) is -0.245. The van der Waals surface area contributed by atoms with Gasteiger partial charge in [0, 0.05) is 22.2 Å². The highest BCUT2D eigenvalue weighted by Crippen LogP contribution is 2.23. The van der Waals surface area contributed by atoms with Crippen molar-refractivity contribution < 1.29 is 18.7 Å². The van der Waals surface area contributed by atoms with Crippen molar-refractivity contribution in [1.29, 1.82) is 0 Å². The van der Waals surface area contributed by atoms with Crippen LogP contribution in [-0.2, 0) is 11.3 Å². The van der Waals surface area contributed by atoms with E-state index in [0.29, 0.717) is 29.0 Å². The van der Waals surface area contributed by atoms with E-state index in [2.05, 4.69) is 21.2 Å². The average Bonchev–Trinajstić information content (AvgIpc) is 2.57. The fraction of sp³-hybridized carbons (Fsp3) is 0.278. The lowest BCUT2D eigenvalue weighted by atomic mass is 10.1. The van der Waals surface area contributed by atoms with Crippen LogP contribution in [0, 0.1) is 5.82 Å². The van der Waals surface area contributed by atoms with Gasteiger partial charge in [-0.1, -0.05) is 22.9 Å². The molecule has 0 aliphatic rings. The average molecular weight is 396 g/mol. The van der Waals surface area contributed by atoms with Crippen LogP contribution in [0.3, 0.4) is 0 Å². The Kier molecular flexibility index (Phi) is 6.75. The predicted molar refractivity (Wildman–Crippen MR) is 95.0 cm³/mol. The van der Waals surface area contributed by atoms with E-state index in [-0.39, 0.29) is 5.69 Å². The topological polar surface area (TPSA) is 47.6 Å². The fourth-order valence-electron chi connectivity index (χ4n) is 2.14. The molecule has 2 rings (SSSR count). The standard InChI is InChI=1S/C18H19BrFNO3/c1-3-8-24-11-13-9-12(4-7-17(13)23-2)18(22)21-16-6-5-14(19)10-15(16)20/h4-7,9-10H,3,8,11H2,1-2H3,(H,21,22). The van der Waals surface area contributed by atoms with E-state index in [4.69, 9.17) is 9.47 Å². The minimum Gasteiger partial charge on any atom is -0.496 e. The molecule has 2 aromatic rings. The first-order chi connectivity index (χ1) is 11.5. The summed E-state index contributed by atoms with van der Waals surface area (Å²) in [6, 6.07) is 9.50. The Balaban J connectivity index is 2.17. The van der Waals surface area contributed by atoms with Crippen molar-refractivity contribution in [1.82, 2.24) is 0 Å². The van der Waals surface area contributed by atoms with Crippen LogP contribution < -0.4 is 10.1 Å². The van der Waals surface area contributed by atoms with Crippen molar-refractivity contribution in [2.24, 2.45) is 0 Å². The first kappa shape index (κ1) is 18.4. The zero-order chi connectivity index (χ0) is 17.5. The molecule has 0 bridgehead atoms. The summed E-state index contributed by atoms with van der Waals surface area (Å²) in [5.41, 5.74) is 1.31. The second-order valence-electron chi connectivity index (χ2n) is 5.16. The largest absolute Gasteiger partial charge is 0.496 e. The predicted octanol–water partition coefficient (Wildman–Crippen LogP) is 4.78. The van der Waals surface area contributed by atoms with E-state index in [1.54, 1.807) is 31.4 Å². The number of carbonyl (C=O) groups is 1. The SMILES string of the molecule is CCCOCc1cc(C(=O)Nc2ccc(Br)cc2F)ccc1OC. The zero-order valence-corrected chi connectivity index (χ0v) is 15.2. The minimum atomic E-state index is -0.502.